The molecule has 5 nitrogen and oxygen atoms in total. The minimum Gasteiger partial charge on any atom is -0.479 e. The highest BCUT2D eigenvalue weighted by Gasteiger charge is 2.25. The third kappa shape index (κ3) is 3.61. The van der Waals surface area contributed by atoms with Gasteiger partial charge in [-0.25, -0.2) is 9.59 Å². The quantitative estimate of drug-likeness (QED) is 0.891. The second-order valence-corrected chi connectivity index (χ2v) is 5.30. The Hall–Kier alpha value is -2.34. The average molecular weight is 304 g/mol. The first-order valence-corrected chi connectivity index (χ1v) is 7.40. The highest BCUT2D eigenvalue weighted by atomic mass is 32.1. The molecule has 110 valence electrons. The number of carbonyl (C=O) groups is 2. The summed E-state index contributed by atoms with van der Waals surface area (Å²) in [6.45, 7) is 2.29. The molecule has 1 heterocycles. The molecule has 0 fully saturated rings. The predicted molar refractivity (Wildman–Crippen MR) is 82.7 cm³/mol. The van der Waals surface area contributed by atoms with Gasteiger partial charge in [0.15, 0.2) is 6.04 Å². The fourth-order valence-corrected chi connectivity index (χ4v) is 2.73. The lowest BCUT2D eigenvalue weighted by molar-refractivity contribution is -0.139. The molecule has 0 saturated heterocycles. The van der Waals surface area contributed by atoms with Crippen LogP contribution in [0.5, 0.6) is 0 Å². The number of para-hydroxylation sites is 1. The molecule has 6 heteroatoms. The molecule has 0 spiro atoms. The summed E-state index contributed by atoms with van der Waals surface area (Å²) >= 11 is 1.30. The van der Waals surface area contributed by atoms with Gasteiger partial charge in [0.05, 0.1) is 0 Å². The molecular formula is C15H16N2O3S. The SMILES string of the molecule is CCN(C(=O)NC(C(=O)O)c1cccs1)c1ccccc1. The summed E-state index contributed by atoms with van der Waals surface area (Å²) in [6.07, 6.45) is 0. The topological polar surface area (TPSA) is 69.6 Å². The van der Waals surface area contributed by atoms with Gasteiger partial charge in [-0.1, -0.05) is 24.3 Å². The summed E-state index contributed by atoms with van der Waals surface area (Å²) in [5.41, 5.74) is 0.729. The molecule has 0 aliphatic heterocycles. The Labute approximate surface area is 126 Å². The number of amides is 2. The molecule has 2 rings (SSSR count). The number of benzene rings is 1. The van der Waals surface area contributed by atoms with Crippen LogP contribution in [0.4, 0.5) is 10.5 Å². The van der Waals surface area contributed by atoms with Crippen LogP contribution in [0, 0.1) is 0 Å². The maximum Gasteiger partial charge on any atom is 0.331 e. The summed E-state index contributed by atoms with van der Waals surface area (Å²) in [5, 5.41) is 13.6. The molecule has 0 aliphatic carbocycles. The van der Waals surface area contributed by atoms with E-state index in [1.54, 1.807) is 17.5 Å². The van der Waals surface area contributed by atoms with Crippen molar-refractivity contribution in [2.45, 2.75) is 13.0 Å². The first-order chi connectivity index (χ1) is 10.1. The third-order valence-corrected chi connectivity index (χ3v) is 3.91. The molecule has 2 N–H and O–H groups in total. The van der Waals surface area contributed by atoms with Crippen molar-refractivity contribution in [2.75, 3.05) is 11.4 Å². The molecule has 1 aromatic carbocycles. The van der Waals surface area contributed by atoms with Gasteiger partial charge in [0.25, 0.3) is 0 Å². The zero-order valence-corrected chi connectivity index (χ0v) is 12.3. The smallest absolute Gasteiger partial charge is 0.331 e. The minimum atomic E-state index is -1.07. The van der Waals surface area contributed by atoms with Crippen LogP contribution in [0.3, 0.4) is 0 Å². The van der Waals surface area contributed by atoms with Crippen molar-refractivity contribution in [1.29, 1.82) is 0 Å². The van der Waals surface area contributed by atoms with Crippen molar-refractivity contribution in [2.24, 2.45) is 0 Å². The van der Waals surface area contributed by atoms with Gasteiger partial charge in [-0.15, -0.1) is 11.3 Å². The van der Waals surface area contributed by atoms with Gasteiger partial charge in [-0.3, -0.25) is 4.90 Å². The number of thiophene rings is 1. The number of anilines is 1. The van der Waals surface area contributed by atoms with Gasteiger partial charge in [0.1, 0.15) is 0 Å². The Morgan fingerprint density at radius 3 is 2.48 bits per heavy atom. The molecule has 1 unspecified atom stereocenters. The number of urea groups is 1. The lowest BCUT2D eigenvalue weighted by atomic mass is 10.2. The fourth-order valence-electron chi connectivity index (χ4n) is 1.96. The van der Waals surface area contributed by atoms with E-state index in [9.17, 15) is 14.7 Å². The second-order valence-electron chi connectivity index (χ2n) is 4.32. The van der Waals surface area contributed by atoms with Gasteiger partial charge in [-0.2, -0.15) is 0 Å². The Bertz CT molecular complexity index is 599. The minimum absolute atomic E-state index is 0.426. The molecule has 2 amide bonds. The monoisotopic (exact) mass is 304 g/mol. The third-order valence-electron chi connectivity index (χ3n) is 2.97. The van der Waals surface area contributed by atoms with Crippen LogP contribution < -0.4 is 10.2 Å². The van der Waals surface area contributed by atoms with E-state index < -0.39 is 18.0 Å². The Balaban J connectivity index is 2.16. The van der Waals surface area contributed by atoms with E-state index in [1.165, 1.54) is 16.2 Å². The number of nitrogens with one attached hydrogen (secondary N) is 1. The number of carboxylic acids is 1. The molecule has 0 radical (unpaired) electrons. The number of hydrogen-bond acceptors (Lipinski definition) is 3. The van der Waals surface area contributed by atoms with Crippen LogP contribution in [0.15, 0.2) is 47.8 Å². The van der Waals surface area contributed by atoms with Crippen LogP contribution in [-0.2, 0) is 4.79 Å². The molecule has 0 bridgehead atoms. The van der Waals surface area contributed by atoms with Gasteiger partial charge < -0.3 is 10.4 Å². The summed E-state index contributed by atoms with van der Waals surface area (Å²) in [6, 6.07) is 11.1. The molecule has 0 saturated carbocycles. The second kappa shape index (κ2) is 6.90. The van der Waals surface area contributed by atoms with E-state index in [0.717, 1.165) is 5.69 Å². The van der Waals surface area contributed by atoms with E-state index in [-0.39, 0.29) is 0 Å². The zero-order chi connectivity index (χ0) is 15.2. The summed E-state index contributed by atoms with van der Waals surface area (Å²) in [4.78, 5) is 25.8. The lowest BCUT2D eigenvalue weighted by Crippen LogP contribution is -2.43. The largest absolute Gasteiger partial charge is 0.479 e. The predicted octanol–water partition coefficient (Wildman–Crippen LogP) is 3.11. The first-order valence-electron chi connectivity index (χ1n) is 6.52. The number of hydrogen-bond donors (Lipinski definition) is 2. The summed E-state index contributed by atoms with van der Waals surface area (Å²) in [5.74, 6) is -1.07. The van der Waals surface area contributed by atoms with Gasteiger partial charge in [0.2, 0.25) is 0 Å². The van der Waals surface area contributed by atoms with E-state index in [2.05, 4.69) is 5.32 Å². The fraction of sp³-hybridized carbons (Fsp3) is 0.200. The summed E-state index contributed by atoms with van der Waals surface area (Å²) < 4.78 is 0. The molecule has 21 heavy (non-hydrogen) atoms. The number of rotatable bonds is 5. The highest BCUT2D eigenvalue weighted by molar-refractivity contribution is 7.10. The standard InChI is InChI=1S/C15H16N2O3S/c1-2-17(11-7-4-3-5-8-11)15(20)16-13(14(18)19)12-9-6-10-21-12/h3-10,13H,2H2,1H3,(H,16,20)(H,18,19). The summed E-state index contributed by atoms with van der Waals surface area (Å²) in [7, 11) is 0. The van der Waals surface area contributed by atoms with Crippen LogP contribution in [0.1, 0.15) is 17.8 Å². The molecular weight excluding hydrogens is 288 g/mol. The zero-order valence-electron chi connectivity index (χ0n) is 11.5. The number of carbonyl (C=O) groups excluding carboxylic acids is 1. The maximum atomic E-state index is 12.3. The van der Waals surface area contributed by atoms with Crippen molar-refractivity contribution in [3.05, 3.63) is 52.7 Å². The van der Waals surface area contributed by atoms with Gasteiger partial charge >= 0.3 is 12.0 Å². The van der Waals surface area contributed by atoms with Crippen molar-refractivity contribution in [3.8, 4) is 0 Å². The van der Waals surface area contributed by atoms with Crippen molar-refractivity contribution in [3.63, 3.8) is 0 Å². The number of carboxylic acid groups (broad SMARTS) is 1. The molecule has 2 aromatic rings. The lowest BCUT2D eigenvalue weighted by Gasteiger charge is -2.23. The van der Waals surface area contributed by atoms with Crippen LogP contribution in [0.25, 0.3) is 0 Å². The van der Waals surface area contributed by atoms with Crippen molar-refractivity contribution < 1.29 is 14.7 Å². The van der Waals surface area contributed by atoms with E-state index >= 15 is 0 Å². The molecule has 1 atom stereocenters. The Morgan fingerprint density at radius 2 is 1.95 bits per heavy atom. The van der Waals surface area contributed by atoms with Crippen molar-refractivity contribution >= 4 is 29.0 Å². The van der Waals surface area contributed by atoms with E-state index in [1.807, 2.05) is 37.3 Å². The molecule has 1 aromatic heterocycles. The van der Waals surface area contributed by atoms with Crippen LogP contribution >= 0.6 is 11.3 Å². The van der Waals surface area contributed by atoms with Crippen LogP contribution in [0.2, 0.25) is 0 Å². The first kappa shape index (κ1) is 15.1. The normalized spacial score (nSPS) is 11.7. The Morgan fingerprint density at radius 1 is 1.24 bits per heavy atom. The van der Waals surface area contributed by atoms with Crippen LogP contribution in [-0.4, -0.2) is 23.7 Å². The van der Waals surface area contributed by atoms with E-state index in [4.69, 9.17) is 0 Å². The average Bonchev–Trinajstić information content (AvgIpc) is 3.00. The Kier molecular flexibility index (Phi) is 4.94. The van der Waals surface area contributed by atoms with Gasteiger partial charge in [-0.05, 0) is 30.5 Å². The number of nitrogens with zero attached hydrogens (tertiary/aromatic N) is 1. The number of aliphatic carboxylic acids is 1. The highest BCUT2D eigenvalue weighted by Crippen LogP contribution is 2.20. The molecule has 0 aliphatic rings. The van der Waals surface area contributed by atoms with Crippen molar-refractivity contribution in [1.82, 2.24) is 5.32 Å². The maximum absolute atomic E-state index is 12.3. The van der Waals surface area contributed by atoms with E-state index in [0.29, 0.717) is 11.4 Å². The van der Waals surface area contributed by atoms with Gasteiger partial charge in [0, 0.05) is 17.1 Å².